The van der Waals surface area contributed by atoms with Crippen LogP contribution in [0, 0.1) is 6.92 Å². The summed E-state index contributed by atoms with van der Waals surface area (Å²) in [6, 6.07) is 12.1. The van der Waals surface area contributed by atoms with Gasteiger partial charge in [-0.2, -0.15) is 0 Å². The Morgan fingerprint density at radius 2 is 2.10 bits per heavy atom. The van der Waals surface area contributed by atoms with Gasteiger partial charge >= 0.3 is 0 Å². The third-order valence-electron chi connectivity index (χ3n) is 4.96. The van der Waals surface area contributed by atoms with Crippen molar-refractivity contribution in [2.75, 3.05) is 19.8 Å². The highest BCUT2D eigenvalue weighted by molar-refractivity contribution is 9.10. The van der Waals surface area contributed by atoms with E-state index in [1.54, 1.807) is 31.2 Å². The maximum Gasteiger partial charge on any atom is 0.258 e. The zero-order chi connectivity index (χ0) is 21.8. The third kappa shape index (κ3) is 5.08. The highest BCUT2D eigenvalue weighted by atomic mass is 79.9. The number of carbonyl (C=O) groups is 1. The SMILES string of the molecule is Cc1oc2cc(OCC(=O)NC[C@H]3CCCO3)ccc2c(=O)c1Oc1ccccc1Br. The highest BCUT2D eigenvalue weighted by Gasteiger charge is 2.17. The zero-order valence-electron chi connectivity index (χ0n) is 17.0. The van der Waals surface area contributed by atoms with Crippen LogP contribution in [0.4, 0.5) is 0 Å². The first-order valence-corrected chi connectivity index (χ1v) is 10.8. The maximum atomic E-state index is 12.9. The number of halogens is 1. The average Bonchev–Trinajstić information content (AvgIpc) is 3.28. The van der Waals surface area contributed by atoms with Crippen LogP contribution in [0.5, 0.6) is 17.2 Å². The molecule has 1 N–H and O–H groups in total. The molecule has 31 heavy (non-hydrogen) atoms. The largest absolute Gasteiger partial charge is 0.484 e. The zero-order valence-corrected chi connectivity index (χ0v) is 18.6. The van der Waals surface area contributed by atoms with Gasteiger partial charge in [0, 0.05) is 19.2 Å². The molecule has 1 atom stereocenters. The number of para-hydroxylation sites is 1. The van der Waals surface area contributed by atoms with Gasteiger partial charge in [-0.15, -0.1) is 0 Å². The minimum absolute atomic E-state index is 0.0785. The van der Waals surface area contributed by atoms with Crippen LogP contribution in [0.3, 0.4) is 0 Å². The van der Waals surface area contributed by atoms with Gasteiger partial charge in [-0.3, -0.25) is 9.59 Å². The number of carbonyl (C=O) groups excluding carboxylic acids is 1. The van der Waals surface area contributed by atoms with Crippen molar-refractivity contribution >= 4 is 32.8 Å². The standard InChI is InChI=1S/C23H22BrNO6/c1-14-23(31-19-7-3-2-6-18(19)24)22(27)17-9-8-15(11-20(17)30-14)29-13-21(26)25-12-16-5-4-10-28-16/h2-3,6-9,11,16H,4-5,10,12-13H2,1H3,(H,25,26)/t16-/m1/s1. The molecule has 0 radical (unpaired) electrons. The topological polar surface area (TPSA) is 87.0 Å². The van der Waals surface area contributed by atoms with E-state index >= 15 is 0 Å². The predicted octanol–water partition coefficient (Wildman–Crippen LogP) is 4.33. The molecule has 1 fully saturated rings. The van der Waals surface area contributed by atoms with Crippen LogP contribution in [-0.2, 0) is 9.53 Å². The molecule has 1 aromatic heterocycles. The Bertz CT molecular complexity index is 1150. The molecule has 1 aliphatic heterocycles. The Kier molecular flexibility index (Phi) is 6.58. The first-order chi connectivity index (χ1) is 15.0. The van der Waals surface area contributed by atoms with E-state index in [1.165, 1.54) is 0 Å². The summed E-state index contributed by atoms with van der Waals surface area (Å²) in [6.07, 6.45) is 2.06. The lowest BCUT2D eigenvalue weighted by molar-refractivity contribution is -0.123. The van der Waals surface area contributed by atoms with E-state index in [-0.39, 0.29) is 29.8 Å². The highest BCUT2D eigenvalue weighted by Crippen LogP contribution is 2.31. The summed E-state index contributed by atoms with van der Waals surface area (Å²) < 4.78 is 23.4. The number of amides is 1. The fourth-order valence-corrected chi connectivity index (χ4v) is 3.71. The van der Waals surface area contributed by atoms with E-state index in [2.05, 4.69) is 21.2 Å². The Morgan fingerprint density at radius 3 is 2.87 bits per heavy atom. The Morgan fingerprint density at radius 1 is 1.26 bits per heavy atom. The molecule has 3 aromatic rings. The lowest BCUT2D eigenvalue weighted by atomic mass is 10.2. The fraction of sp³-hybridized carbons (Fsp3) is 0.304. The Hall–Kier alpha value is -2.84. The number of nitrogens with one attached hydrogen (secondary N) is 1. The van der Waals surface area contributed by atoms with Crippen LogP contribution in [0.1, 0.15) is 18.6 Å². The third-order valence-corrected chi connectivity index (χ3v) is 5.61. The van der Waals surface area contributed by atoms with Crippen molar-refractivity contribution in [2.45, 2.75) is 25.9 Å². The molecule has 8 heteroatoms. The van der Waals surface area contributed by atoms with Crippen molar-refractivity contribution in [3.63, 3.8) is 0 Å². The maximum absolute atomic E-state index is 12.9. The summed E-state index contributed by atoms with van der Waals surface area (Å²) in [6.45, 7) is 2.76. The Labute approximate surface area is 187 Å². The van der Waals surface area contributed by atoms with E-state index in [0.717, 1.165) is 23.9 Å². The first kappa shape index (κ1) is 21.4. The van der Waals surface area contributed by atoms with Gasteiger partial charge in [0.25, 0.3) is 5.91 Å². The van der Waals surface area contributed by atoms with Crippen molar-refractivity contribution in [2.24, 2.45) is 0 Å². The van der Waals surface area contributed by atoms with Gasteiger partial charge in [-0.25, -0.2) is 0 Å². The smallest absolute Gasteiger partial charge is 0.258 e. The number of rotatable bonds is 7. The molecule has 0 saturated carbocycles. The number of benzene rings is 2. The second-order valence-corrected chi connectivity index (χ2v) is 8.09. The van der Waals surface area contributed by atoms with Crippen LogP contribution in [-0.4, -0.2) is 31.8 Å². The van der Waals surface area contributed by atoms with E-state index in [4.69, 9.17) is 18.6 Å². The fourth-order valence-electron chi connectivity index (χ4n) is 3.35. The summed E-state index contributed by atoms with van der Waals surface area (Å²) >= 11 is 3.41. The molecule has 0 aliphatic carbocycles. The number of hydrogen-bond acceptors (Lipinski definition) is 6. The molecular formula is C23H22BrNO6. The monoisotopic (exact) mass is 487 g/mol. The lowest BCUT2D eigenvalue weighted by Crippen LogP contribution is -2.35. The van der Waals surface area contributed by atoms with Crippen LogP contribution in [0.15, 0.2) is 56.1 Å². The molecule has 0 bridgehead atoms. The number of hydrogen-bond donors (Lipinski definition) is 1. The summed E-state index contributed by atoms with van der Waals surface area (Å²) in [5, 5.41) is 3.17. The van der Waals surface area contributed by atoms with E-state index in [0.29, 0.717) is 34.8 Å². The Balaban J connectivity index is 1.46. The minimum atomic E-state index is -0.282. The lowest BCUT2D eigenvalue weighted by Gasteiger charge is -2.12. The van der Waals surface area contributed by atoms with Crippen molar-refractivity contribution in [1.82, 2.24) is 5.32 Å². The van der Waals surface area contributed by atoms with E-state index < -0.39 is 0 Å². The van der Waals surface area contributed by atoms with Gasteiger partial charge in [0.05, 0.1) is 16.0 Å². The van der Waals surface area contributed by atoms with Crippen molar-refractivity contribution < 1.29 is 23.4 Å². The average molecular weight is 488 g/mol. The van der Waals surface area contributed by atoms with Crippen molar-refractivity contribution in [3.8, 4) is 17.2 Å². The van der Waals surface area contributed by atoms with E-state index in [9.17, 15) is 9.59 Å². The van der Waals surface area contributed by atoms with E-state index in [1.807, 2.05) is 18.2 Å². The van der Waals surface area contributed by atoms with Crippen LogP contribution >= 0.6 is 15.9 Å². The second-order valence-electron chi connectivity index (χ2n) is 7.23. The molecule has 162 valence electrons. The van der Waals surface area contributed by atoms with Gasteiger partial charge in [0.1, 0.15) is 22.8 Å². The molecule has 0 spiro atoms. The van der Waals surface area contributed by atoms with Gasteiger partial charge < -0.3 is 23.9 Å². The predicted molar refractivity (Wildman–Crippen MR) is 119 cm³/mol. The molecule has 4 rings (SSSR count). The molecule has 2 heterocycles. The second kappa shape index (κ2) is 9.53. The first-order valence-electron chi connectivity index (χ1n) is 10.0. The number of ether oxygens (including phenoxy) is 3. The normalized spacial score (nSPS) is 15.7. The number of fused-ring (bicyclic) bond motifs is 1. The van der Waals surface area contributed by atoms with Gasteiger partial charge in [-0.05, 0) is 60.0 Å². The molecule has 2 aromatic carbocycles. The van der Waals surface area contributed by atoms with Gasteiger partial charge in [0.2, 0.25) is 11.2 Å². The molecule has 0 unspecified atom stereocenters. The van der Waals surface area contributed by atoms with Crippen LogP contribution < -0.4 is 20.2 Å². The van der Waals surface area contributed by atoms with Crippen molar-refractivity contribution in [1.29, 1.82) is 0 Å². The quantitative estimate of drug-likeness (QED) is 0.533. The number of aryl methyl sites for hydroxylation is 1. The summed E-state index contributed by atoms with van der Waals surface area (Å²) in [5.74, 6) is 1.19. The van der Waals surface area contributed by atoms with Gasteiger partial charge in [-0.1, -0.05) is 12.1 Å². The van der Waals surface area contributed by atoms with Crippen LogP contribution in [0.25, 0.3) is 11.0 Å². The summed E-state index contributed by atoms with van der Waals surface area (Å²) in [4.78, 5) is 24.9. The molecule has 1 amide bonds. The molecule has 7 nitrogen and oxygen atoms in total. The van der Waals surface area contributed by atoms with Gasteiger partial charge in [0.15, 0.2) is 6.61 Å². The summed E-state index contributed by atoms with van der Waals surface area (Å²) in [5.41, 5.74) is 0.0783. The van der Waals surface area contributed by atoms with Crippen molar-refractivity contribution in [3.05, 3.63) is 62.9 Å². The molecule has 1 saturated heterocycles. The molecule has 1 aliphatic rings. The molecular weight excluding hydrogens is 466 g/mol. The van der Waals surface area contributed by atoms with Crippen LogP contribution in [0.2, 0.25) is 0 Å². The minimum Gasteiger partial charge on any atom is -0.484 e. The summed E-state index contributed by atoms with van der Waals surface area (Å²) in [7, 11) is 0.